The third-order valence-electron chi connectivity index (χ3n) is 4.25. The topological polar surface area (TPSA) is 97.1 Å². The lowest BCUT2D eigenvalue weighted by Gasteiger charge is -2.21. The predicted molar refractivity (Wildman–Crippen MR) is 92.5 cm³/mol. The van der Waals surface area contributed by atoms with Gasteiger partial charge in [0.15, 0.2) is 0 Å². The summed E-state index contributed by atoms with van der Waals surface area (Å²) in [7, 11) is 0. The van der Waals surface area contributed by atoms with E-state index in [0.29, 0.717) is 16.0 Å². The molecule has 8 heteroatoms. The van der Waals surface area contributed by atoms with E-state index in [0.717, 1.165) is 18.8 Å². The van der Waals surface area contributed by atoms with Crippen molar-refractivity contribution in [3.05, 3.63) is 40.2 Å². The van der Waals surface area contributed by atoms with Crippen molar-refractivity contribution >= 4 is 34.4 Å². The number of nitrogens with zero attached hydrogens (tertiary/aromatic N) is 2. The van der Waals surface area contributed by atoms with Crippen LogP contribution in [0, 0.1) is 0 Å². The minimum atomic E-state index is -1.10. The van der Waals surface area contributed by atoms with Crippen LogP contribution < -0.4 is 10.5 Å². The number of imide groups is 1. The number of amides is 2. The highest BCUT2D eigenvalue weighted by atomic mass is 16.7. The molecule has 1 aliphatic rings. The van der Waals surface area contributed by atoms with E-state index in [9.17, 15) is 19.2 Å². The summed E-state index contributed by atoms with van der Waals surface area (Å²) in [5.74, 6) is -2.33. The van der Waals surface area contributed by atoms with Crippen molar-refractivity contribution in [1.82, 2.24) is 5.06 Å². The first-order chi connectivity index (χ1) is 12.4. The van der Waals surface area contributed by atoms with E-state index >= 15 is 0 Å². The summed E-state index contributed by atoms with van der Waals surface area (Å²) >= 11 is 0. The molecule has 0 bridgehead atoms. The molecule has 0 radical (unpaired) electrons. The SMILES string of the molecule is CCN(CC)c1ccc2cc(C(=O)ON3C(=O)CCC3=O)c(=O)oc2c1. The molecule has 0 aliphatic carbocycles. The van der Waals surface area contributed by atoms with Gasteiger partial charge in [-0.15, -0.1) is 5.06 Å². The van der Waals surface area contributed by atoms with Crippen LogP contribution in [0.5, 0.6) is 0 Å². The summed E-state index contributed by atoms with van der Waals surface area (Å²) < 4.78 is 5.24. The molecule has 1 saturated heterocycles. The lowest BCUT2D eigenvalue weighted by atomic mass is 10.1. The van der Waals surface area contributed by atoms with Crippen molar-refractivity contribution in [3.8, 4) is 0 Å². The maximum Gasteiger partial charge on any atom is 0.371 e. The summed E-state index contributed by atoms with van der Waals surface area (Å²) in [5.41, 5.74) is -0.0302. The van der Waals surface area contributed by atoms with E-state index in [1.54, 1.807) is 12.1 Å². The molecule has 0 N–H and O–H groups in total. The maximum atomic E-state index is 12.2. The Morgan fingerprint density at radius 3 is 2.38 bits per heavy atom. The first-order valence-electron chi connectivity index (χ1n) is 8.35. The molecule has 0 saturated carbocycles. The molecule has 0 atom stereocenters. The third kappa shape index (κ3) is 3.17. The lowest BCUT2D eigenvalue weighted by Crippen LogP contribution is -2.33. The van der Waals surface area contributed by atoms with Crippen molar-refractivity contribution in [2.45, 2.75) is 26.7 Å². The highest BCUT2D eigenvalue weighted by Gasteiger charge is 2.34. The van der Waals surface area contributed by atoms with Gasteiger partial charge in [0.25, 0.3) is 11.8 Å². The minimum absolute atomic E-state index is 0.0213. The Morgan fingerprint density at radius 1 is 1.12 bits per heavy atom. The van der Waals surface area contributed by atoms with Gasteiger partial charge in [0.1, 0.15) is 11.1 Å². The van der Waals surface area contributed by atoms with Crippen molar-refractivity contribution in [2.24, 2.45) is 0 Å². The van der Waals surface area contributed by atoms with Gasteiger partial charge in [0.05, 0.1) is 0 Å². The quantitative estimate of drug-likeness (QED) is 0.594. The van der Waals surface area contributed by atoms with Gasteiger partial charge in [-0.1, -0.05) is 0 Å². The fourth-order valence-electron chi connectivity index (χ4n) is 2.82. The Hall–Kier alpha value is -3.16. The zero-order valence-corrected chi connectivity index (χ0v) is 14.5. The monoisotopic (exact) mass is 358 g/mol. The van der Waals surface area contributed by atoms with E-state index in [1.807, 2.05) is 19.9 Å². The number of hydrogen-bond donors (Lipinski definition) is 0. The highest BCUT2D eigenvalue weighted by Crippen LogP contribution is 2.22. The molecule has 1 fully saturated rings. The predicted octanol–water partition coefficient (Wildman–Crippen LogP) is 1.86. The van der Waals surface area contributed by atoms with Gasteiger partial charge < -0.3 is 14.2 Å². The summed E-state index contributed by atoms with van der Waals surface area (Å²) in [6.45, 7) is 5.64. The number of carbonyl (C=O) groups is 3. The number of anilines is 1. The Bertz CT molecular complexity index is 928. The van der Waals surface area contributed by atoms with E-state index in [-0.39, 0.29) is 18.4 Å². The largest absolute Gasteiger partial charge is 0.422 e. The van der Waals surface area contributed by atoms with Gasteiger partial charge in [0.2, 0.25) is 0 Å². The molecule has 3 rings (SSSR count). The number of benzene rings is 1. The average molecular weight is 358 g/mol. The van der Waals surface area contributed by atoms with Gasteiger partial charge in [-0.25, -0.2) is 9.59 Å². The highest BCUT2D eigenvalue weighted by molar-refractivity contribution is 6.03. The van der Waals surface area contributed by atoms with Crippen LogP contribution >= 0.6 is 0 Å². The van der Waals surface area contributed by atoms with E-state index in [1.165, 1.54) is 6.07 Å². The molecule has 2 heterocycles. The molecule has 2 aromatic rings. The smallest absolute Gasteiger partial charge is 0.371 e. The third-order valence-corrected chi connectivity index (χ3v) is 4.25. The standard InChI is InChI=1S/C18H18N2O6/c1-3-19(4-2)12-6-5-11-9-13(17(23)25-14(11)10-12)18(24)26-20-15(21)7-8-16(20)22/h5-6,9-10H,3-4,7-8H2,1-2H3. The van der Waals surface area contributed by atoms with Crippen molar-refractivity contribution in [1.29, 1.82) is 0 Å². The molecule has 1 aliphatic heterocycles. The Balaban J connectivity index is 1.92. The number of carbonyl (C=O) groups excluding carboxylic acids is 3. The second-order valence-electron chi connectivity index (χ2n) is 5.80. The zero-order valence-electron chi connectivity index (χ0n) is 14.5. The van der Waals surface area contributed by atoms with Crippen molar-refractivity contribution in [2.75, 3.05) is 18.0 Å². The molecule has 1 aromatic heterocycles. The average Bonchev–Trinajstić information content (AvgIpc) is 2.94. The molecule has 26 heavy (non-hydrogen) atoms. The number of hydrogen-bond acceptors (Lipinski definition) is 7. The zero-order chi connectivity index (χ0) is 18.8. The number of fused-ring (bicyclic) bond motifs is 1. The first kappa shape index (κ1) is 17.7. The van der Waals surface area contributed by atoms with Gasteiger partial charge in [-0.2, -0.15) is 0 Å². The van der Waals surface area contributed by atoms with Crippen LogP contribution in [0.2, 0.25) is 0 Å². The van der Waals surface area contributed by atoms with Gasteiger partial charge >= 0.3 is 11.6 Å². The van der Waals surface area contributed by atoms with Crippen LogP contribution in [0.1, 0.15) is 37.0 Å². The summed E-state index contributed by atoms with van der Waals surface area (Å²) in [6.07, 6.45) is -0.0425. The second kappa shape index (κ2) is 6.99. The molecule has 0 unspecified atom stereocenters. The van der Waals surface area contributed by atoms with E-state index in [4.69, 9.17) is 9.25 Å². The normalized spacial score (nSPS) is 14.2. The van der Waals surface area contributed by atoms with Crippen LogP contribution in [0.15, 0.2) is 33.5 Å². The minimum Gasteiger partial charge on any atom is -0.422 e. The van der Waals surface area contributed by atoms with Gasteiger partial charge in [-0.05, 0) is 32.0 Å². The molecule has 8 nitrogen and oxygen atoms in total. The van der Waals surface area contributed by atoms with Crippen LogP contribution in [0.3, 0.4) is 0 Å². The van der Waals surface area contributed by atoms with E-state index in [2.05, 4.69) is 4.90 Å². The number of rotatable bonds is 5. The van der Waals surface area contributed by atoms with Crippen molar-refractivity contribution in [3.63, 3.8) is 0 Å². The molecular formula is C18H18N2O6. The lowest BCUT2D eigenvalue weighted by molar-refractivity contribution is -0.172. The van der Waals surface area contributed by atoms with E-state index < -0.39 is 23.4 Å². The number of hydroxylamine groups is 2. The first-order valence-corrected chi connectivity index (χ1v) is 8.35. The van der Waals surface area contributed by atoms with Crippen LogP contribution in [0.4, 0.5) is 5.69 Å². The van der Waals surface area contributed by atoms with Crippen molar-refractivity contribution < 1.29 is 23.6 Å². The Morgan fingerprint density at radius 2 is 1.77 bits per heavy atom. The van der Waals surface area contributed by atoms with Gasteiger partial charge in [0, 0.05) is 43.1 Å². The fourth-order valence-corrected chi connectivity index (χ4v) is 2.82. The molecule has 1 aromatic carbocycles. The summed E-state index contributed by atoms with van der Waals surface area (Å²) in [4.78, 5) is 54.3. The maximum absolute atomic E-state index is 12.2. The van der Waals surface area contributed by atoms with Crippen LogP contribution in [0.25, 0.3) is 11.0 Å². The second-order valence-corrected chi connectivity index (χ2v) is 5.80. The van der Waals surface area contributed by atoms with Gasteiger partial charge in [-0.3, -0.25) is 9.59 Å². The Labute approximate surface area is 148 Å². The molecule has 0 spiro atoms. The van der Waals surface area contributed by atoms with Crippen LogP contribution in [-0.2, 0) is 14.4 Å². The molecule has 2 amide bonds. The van der Waals surface area contributed by atoms with Crippen LogP contribution in [-0.4, -0.2) is 35.9 Å². The fraction of sp³-hybridized carbons (Fsp3) is 0.333. The summed E-state index contributed by atoms with van der Waals surface area (Å²) in [5, 5.41) is 0.932. The molecule has 136 valence electrons. The summed E-state index contributed by atoms with van der Waals surface area (Å²) in [6, 6.07) is 6.65. The Kier molecular flexibility index (Phi) is 4.75. The molecular weight excluding hydrogens is 340 g/mol.